The number of aliphatic hydroxyl groups excluding tert-OH is 1. The summed E-state index contributed by atoms with van der Waals surface area (Å²) in [5, 5.41) is 10.2. The zero-order valence-electron chi connectivity index (χ0n) is 11.3. The van der Waals surface area contributed by atoms with Crippen molar-refractivity contribution in [3.05, 3.63) is 29.8 Å². The molecule has 0 aliphatic heterocycles. The van der Waals surface area contributed by atoms with Gasteiger partial charge in [-0.15, -0.1) is 0 Å². The van der Waals surface area contributed by atoms with Crippen LogP contribution in [-0.2, 0) is 0 Å². The first-order chi connectivity index (χ1) is 8.04. The molecule has 2 unspecified atom stereocenters. The quantitative estimate of drug-likeness (QED) is 0.810. The smallest absolute Gasteiger partial charge is 0.125 e. The van der Waals surface area contributed by atoms with Crippen LogP contribution in [0.15, 0.2) is 24.3 Å². The van der Waals surface area contributed by atoms with Gasteiger partial charge in [-0.05, 0) is 32.3 Å². The van der Waals surface area contributed by atoms with Crippen LogP contribution in [0.4, 0.5) is 0 Å². The summed E-state index contributed by atoms with van der Waals surface area (Å²) >= 11 is 0. The molecule has 2 nitrogen and oxygen atoms in total. The minimum absolute atomic E-state index is 0.131. The Morgan fingerprint density at radius 2 is 1.82 bits per heavy atom. The predicted octanol–water partition coefficient (Wildman–Crippen LogP) is 3.94. The molecule has 0 heterocycles. The van der Waals surface area contributed by atoms with Crippen molar-refractivity contribution in [2.24, 2.45) is 5.92 Å². The van der Waals surface area contributed by atoms with Gasteiger partial charge in [0, 0.05) is 5.56 Å². The molecule has 1 rings (SSSR count). The summed E-state index contributed by atoms with van der Waals surface area (Å²) < 4.78 is 5.72. The highest BCUT2D eigenvalue weighted by Gasteiger charge is 2.16. The fraction of sp³-hybridized carbons (Fsp3) is 0.600. The molecule has 1 aromatic carbocycles. The van der Waals surface area contributed by atoms with Crippen molar-refractivity contribution < 1.29 is 9.84 Å². The van der Waals surface area contributed by atoms with E-state index in [2.05, 4.69) is 13.8 Å². The van der Waals surface area contributed by atoms with Crippen LogP contribution in [0.1, 0.15) is 52.2 Å². The topological polar surface area (TPSA) is 29.5 Å². The third-order valence-electron chi connectivity index (χ3n) is 2.96. The summed E-state index contributed by atoms with van der Waals surface area (Å²) in [5.74, 6) is 1.33. The van der Waals surface area contributed by atoms with Crippen LogP contribution in [0.3, 0.4) is 0 Å². The van der Waals surface area contributed by atoms with Gasteiger partial charge in [0.25, 0.3) is 0 Å². The maximum Gasteiger partial charge on any atom is 0.125 e. The van der Waals surface area contributed by atoms with Crippen LogP contribution in [0.5, 0.6) is 5.75 Å². The van der Waals surface area contributed by atoms with E-state index in [1.165, 1.54) is 0 Å². The number of ether oxygens (including phenoxy) is 1. The lowest BCUT2D eigenvalue weighted by molar-refractivity contribution is 0.138. The van der Waals surface area contributed by atoms with Crippen molar-refractivity contribution in [2.45, 2.75) is 52.7 Å². The van der Waals surface area contributed by atoms with Crippen molar-refractivity contribution in [1.82, 2.24) is 0 Å². The molecular formula is C15H24O2. The summed E-state index contributed by atoms with van der Waals surface area (Å²) in [4.78, 5) is 0. The molecule has 96 valence electrons. The third kappa shape index (κ3) is 4.39. The fourth-order valence-electron chi connectivity index (χ4n) is 1.79. The van der Waals surface area contributed by atoms with Crippen LogP contribution < -0.4 is 4.74 Å². The van der Waals surface area contributed by atoms with Gasteiger partial charge in [-0.1, -0.05) is 38.5 Å². The molecule has 0 aliphatic carbocycles. The van der Waals surface area contributed by atoms with Gasteiger partial charge in [-0.2, -0.15) is 0 Å². The van der Waals surface area contributed by atoms with Crippen LogP contribution in [0, 0.1) is 5.92 Å². The summed E-state index contributed by atoms with van der Waals surface area (Å²) in [5.41, 5.74) is 0.904. The first-order valence-corrected chi connectivity index (χ1v) is 6.48. The molecule has 17 heavy (non-hydrogen) atoms. The summed E-state index contributed by atoms with van der Waals surface area (Å²) in [6.07, 6.45) is 1.58. The van der Waals surface area contributed by atoms with Gasteiger partial charge < -0.3 is 9.84 Å². The first-order valence-electron chi connectivity index (χ1n) is 6.48. The lowest BCUT2D eigenvalue weighted by Crippen LogP contribution is -2.10. The van der Waals surface area contributed by atoms with Crippen LogP contribution in [0.25, 0.3) is 0 Å². The van der Waals surface area contributed by atoms with E-state index in [9.17, 15) is 5.11 Å². The SMILES string of the molecule is CCC(C)CC(O)c1ccccc1OC(C)C. The van der Waals surface area contributed by atoms with E-state index in [-0.39, 0.29) is 6.10 Å². The predicted molar refractivity (Wildman–Crippen MR) is 71.2 cm³/mol. The van der Waals surface area contributed by atoms with Gasteiger partial charge >= 0.3 is 0 Å². The maximum absolute atomic E-state index is 10.2. The van der Waals surface area contributed by atoms with Crippen LogP contribution >= 0.6 is 0 Å². The molecule has 0 saturated carbocycles. The number of hydrogen-bond donors (Lipinski definition) is 1. The van der Waals surface area contributed by atoms with Crippen molar-refractivity contribution in [3.8, 4) is 5.75 Å². The standard InChI is InChI=1S/C15H24O2/c1-5-12(4)10-14(16)13-8-6-7-9-15(13)17-11(2)3/h6-9,11-12,14,16H,5,10H2,1-4H3. The molecule has 1 aromatic rings. The van der Waals surface area contributed by atoms with E-state index in [1.807, 2.05) is 38.1 Å². The largest absolute Gasteiger partial charge is 0.491 e. The average molecular weight is 236 g/mol. The van der Waals surface area contributed by atoms with E-state index in [1.54, 1.807) is 0 Å². The number of hydrogen-bond acceptors (Lipinski definition) is 2. The monoisotopic (exact) mass is 236 g/mol. The highest BCUT2D eigenvalue weighted by Crippen LogP contribution is 2.30. The Balaban J connectivity index is 2.81. The minimum Gasteiger partial charge on any atom is -0.491 e. The molecule has 0 bridgehead atoms. The van der Waals surface area contributed by atoms with Crippen molar-refractivity contribution >= 4 is 0 Å². The van der Waals surface area contributed by atoms with Gasteiger partial charge in [0.2, 0.25) is 0 Å². The Bertz CT molecular complexity index is 333. The lowest BCUT2D eigenvalue weighted by Gasteiger charge is -2.20. The zero-order valence-corrected chi connectivity index (χ0v) is 11.3. The molecular weight excluding hydrogens is 212 g/mol. The highest BCUT2D eigenvalue weighted by atomic mass is 16.5. The molecule has 2 heteroatoms. The zero-order chi connectivity index (χ0) is 12.8. The Labute approximate surface area is 105 Å². The highest BCUT2D eigenvalue weighted by molar-refractivity contribution is 5.35. The molecule has 1 N–H and O–H groups in total. The number of aliphatic hydroxyl groups is 1. The Kier molecular flexibility index (Phi) is 5.49. The fourth-order valence-corrected chi connectivity index (χ4v) is 1.79. The molecule has 2 atom stereocenters. The van der Waals surface area contributed by atoms with Gasteiger partial charge in [-0.25, -0.2) is 0 Å². The second-order valence-corrected chi connectivity index (χ2v) is 4.97. The Morgan fingerprint density at radius 3 is 2.41 bits per heavy atom. The van der Waals surface area contributed by atoms with E-state index < -0.39 is 6.10 Å². The molecule has 0 amide bonds. The van der Waals surface area contributed by atoms with Gasteiger partial charge in [0.05, 0.1) is 12.2 Å². The van der Waals surface area contributed by atoms with E-state index in [0.29, 0.717) is 5.92 Å². The molecule has 0 aromatic heterocycles. The summed E-state index contributed by atoms with van der Waals surface area (Å²) in [6, 6.07) is 7.76. The Morgan fingerprint density at radius 1 is 1.18 bits per heavy atom. The van der Waals surface area contributed by atoms with E-state index in [0.717, 1.165) is 24.2 Å². The van der Waals surface area contributed by atoms with Crippen LogP contribution in [0.2, 0.25) is 0 Å². The third-order valence-corrected chi connectivity index (χ3v) is 2.96. The number of rotatable bonds is 6. The molecule has 0 radical (unpaired) electrons. The van der Waals surface area contributed by atoms with Crippen molar-refractivity contribution in [2.75, 3.05) is 0 Å². The molecule has 0 saturated heterocycles. The van der Waals surface area contributed by atoms with Crippen molar-refractivity contribution in [3.63, 3.8) is 0 Å². The van der Waals surface area contributed by atoms with Crippen LogP contribution in [-0.4, -0.2) is 11.2 Å². The van der Waals surface area contributed by atoms with Gasteiger partial charge in [0.1, 0.15) is 5.75 Å². The van der Waals surface area contributed by atoms with Crippen molar-refractivity contribution in [1.29, 1.82) is 0 Å². The van der Waals surface area contributed by atoms with Gasteiger partial charge in [-0.3, -0.25) is 0 Å². The molecule has 0 aliphatic rings. The summed E-state index contributed by atoms with van der Waals surface area (Å²) in [6.45, 7) is 8.30. The Hall–Kier alpha value is -1.02. The summed E-state index contributed by atoms with van der Waals surface area (Å²) in [7, 11) is 0. The molecule has 0 fully saturated rings. The van der Waals surface area contributed by atoms with E-state index >= 15 is 0 Å². The second kappa shape index (κ2) is 6.65. The number of para-hydroxylation sites is 1. The number of benzene rings is 1. The molecule has 0 spiro atoms. The lowest BCUT2D eigenvalue weighted by atomic mass is 9.96. The second-order valence-electron chi connectivity index (χ2n) is 4.97. The average Bonchev–Trinajstić information content (AvgIpc) is 2.28. The first kappa shape index (κ1) is 14.0. The van der Waals surface area contributed by atoms with E-state index in [4.69, 9.17) is 4.74 Å². The minimum atomic E-state index is -0.431. The maximum atomic E-state index is 10.2. The van der Waals surface area contributed by atoms with Gasteiger partial charge in [0.15, 0.2) is 0 Å². The normalized spacial score (nSPS) is 14.7.